The van der Waals surface area contributed by atoms with Crippen LogP contribution in [0.3, 0.4) is 0 Å². The molecule has 0 spiro atoms. The highest BCUT2D eigenvalue weighted by Gasteiger charge is 2.13. The van der Waals surface area contributed by atoms with Crippen molar-refractivity contribution in [3.05, 3.63) is 63.6 Å². The summed E-state index contributed by atoms with van der Waals surface area (Å²) in [4.78, 5) is 16.4. The molecule has 0 bridgehead atoms. The molecule has 0 saturated heterocycles. The SMILES string of the molecule is I.NC(=NCCNC(=O)c1cccc(Br)c1)Nc1cccc2c1CCCC2. The van der Waals surface area contributed by atoms with Crippen LogP contribution in [0, 0.1) is 0 Å². The number of benzene rings is 2. The van der Waals surface area contributed by atoms with Gasteiger partial charge in [0.15, 0.2) is 5.96 Å². The van der Waals surface area contributed by atoms with Crippen LogP contribution in [0.2, 0.25) is 0 Å². The van der Waals surface area contributed by atoms with E-state index in [1.807, 2.05) is 18.2 Å². The molecule has 3 rings (SSSR count). The first kappa shape index (κ1) is 21.7. The van der Waals surface area contributed by atoms with Gasteiger partial charge in [0, 0.05) is 22.3 Å². The Morgan fingerprint density at radius 2 is 1.93 bits per heavy atom. The quantitative estimate of drug-likeness (QED) is 0.230. The van der Waals surface area contributed by atoms with Gasteiger partial charge in [-0.3, -0.25) is 9.79 Å². The molecule has 0 heterocycles. The summed E-state index contributed by atoms with van der Waals surface area (Å²) in [5.74, 6) is 0.255. The summed E-state index contributed by atoms with van der Waals surface area (Å²) in [6, 6.07) is 13.6. The zero-order valence-corrected chi connectivity index (χ0v) is 18.9. The summed E-state index contributed by atoms with van der Waals surface area (Å²) in [6.07, 6.45) is 4.67. The first-order valence-electron chi connectivity index (χ1n) is 8.85. The second-order valence-electron chi connectivity index (χ2n) is 6.31. The van der Waals surface area contributed by atoms with Crippen molar-refractivity contribution in [1.29, 1.82) is 0 Å². The first-order valence-corrected chi connectivity index (χ1v) is 9.64. The molecular weight excluding hydrogens is 519 g/mol. The normalized spacial score (nSPS) is 13.3. The van der Waals surface area contributed by atoms with Crippen molar-refractivity contribution in [1.82, 2.24) is 5.32 Å². The minimum absolute atomic E-state index is 0. The Labute approximate surface area is 185 Å². The number of halogens is 2. The van der Waals surface area contributed by atoms with Crippen LogP contribution in [-0.2, 0) is 12.8 Å². The number of guanidine groups is 1. The van der Waals surface area contributed by atoms with E-state index in [0.717, 1.165) is 23.0 Å². The van der Waals surface area contributed by atoms with Gasteiger partial charge in [-0.05, 0) is 61.1 Å². The minimum atomic E-state index is -0.120. The van der Waals surface area contributed by atoms with E-state index in [9.17, 15) is 4.79 Å². The van der Waals surface area contributed by atoms with Crippen LogP contribution >= 0.6 is 39.9 Å². The summed E-state index contributed by atoms with van der Waals surface area (Å²) in [6.45, 7) is 0.855. The number of hydrogen-bond acceptors (Lipinski definition) is 2. The average Bonchev–Trinajstić information content (AvgIpc) is 2.65. The lowest BCUT2D eigenvalue weighted by Crippen LogP contribution is -2.28. The van der Waals surface area contributed by atoms with Crippen molar-refractivity contribution in [2.45, 2.75) is 25.7 Å². The second kappa shape index (κ2) is 10.7. The van der Waals surface area contributed by atoms with Gasteiger partial charge in [0.2, 0.25) is 0 Å². The Hall–Kier alpha value is -1.61. The topological polar surface area (TPSA) is 79.5 Å². The highest BCUT2D eigenvalue weighted by Crippen LogP contribution is 2.27. The van der Waals surface area contributed by atoms with Gasteiger partial charge >= 0.3 is 0 Å². The standard InChI is InChI=1S/C20H23BrN4O.HI/c21-16-8-3-7-15(13-16)19(26)23-11-12-24-20(22)25-18-10-4-6-14-5-1-2-9-17(14)18;/h3-4,6-8,10,13H,1-2,5,9,11-12H2,(H,23,26)(H3,22,24,25);1H. The molecule has 1 aliphatic carbocycles. The predicted molar refractivity (Wildman–Crippen MR) is 125 cm³/mol. The Morgan fingerprint density at radius 1 is 1.15 bits per heavy atom. The number of nitrogens with one attached hydrogen (secondary N) is 2. The lowest BCUT2D eigenvalue weighted by molar-refractivity contribution is 0.0954. The number of nitrogens with two attached hydrogens (primary N) is 1. The smallest absolute Gasteiger partial charge is 0.251 e. The maximum atomic E-state index is 12.1. The fourth-order valence-electron chi connectivity index (χ4n) is 3.15. The van der Waals surface area contributed by atoms with E-state index < -0.39 is 0 Å². The Balaban J connectivity index is 0.00000261. The number of aryl methyl sites for hydroxylation is 1. The molecular formula is C20H24BrIN4O. The van der Waals surface area contributed by atoms with Gasteiger partial charge in [-0.15, -0.1) is 24.0 Å². The lowest BCUT2D eigenvalue weighted by Gasteiger charge is -2.19. The third-order valence-corrected chi connectivity index (χ3v) is 4.92. The maximum Gasteiger partial charge on any atom is 0.251 e. The van der Waals surface area contributed by atoms with Crippen molar-refractivity contribution in [2.24, 2.45) is 10.7 Å². The van der Waals surface area contributed by atoms with E-state index >= 15 is 0 Å². The molecule has 0 atom stereocenters. The average molecular weight is 543 g/mol. The molecule has 144 valence electrons. The van der Waals surface area contributed by atoms with E-state index in [-0.39, 0.29) is 29.9 Å². The van der Waals surface area contributed by atoms with Crippen LogP contribution < -0.4 is 16.4 Å². The summed E-state index contributed by atoms with van der Waals surface area (Å²) < 4.78 is 0.878. The van der Waals surface area contributed by atoms with E-state index in [0.29, 0.717) is 24.6 Å². The van der Waals surface area contributed by atoms with Gasteiger partial charge in [-0.25, -0.2) is 0 Å². The number of anilines is 1. The summed E-state index contributed by atoms with van der Waals surface area (Å²) in [5, 5.41) is 6.05. The van der Waals surface area contributed by atoms with Crippen molar-refractivity contribution in [2.75, 3.05) is 18.4 Å². The van der Waals surface area contributed by atoms with Gasteiger partial charge < -0.3 is 16.4 Å². The molecule has 1 amide bonds. The number of aliphatic imine (C=N–C) groups is 1. The predicted octanol–water partition coefficient (Wildman–Crippen LogP) is 4.10. The molecule has 0 aliphatic heterocycles. The number of rotatable bonds is 5. The minimum Gasteiger partial charge on any atom is -0.370 e. The molecule has 5 nitrogen and oxygen atoms in total. The molecule has 2 aromatic rings. The highest BCUT2D eigenvalue weighted by atomic mass is 127. The molecule has 0 aromatic heterocycles. The Kier molecular flexibility index (Phi) is 8.56. The Bertz CT molecular complexity index is 825. The number of fused-ring (bicyclic) bond motifs is 1. The third-order valence-electron chi connectivity index (χ3n) is 4.42. The summed E-state index contributed by atoms with van der Waals surface area (Å²) in [7, 11) is 0. The number of hydrogen-bond donors (Lipinski definition) is 3. The van der Waals surface area contributed by atoms with E-state index in [4.69, 9.17) is 5.73 Å². The number of nitrogens with zero attached hydrogens (tertiary/aromatic N) is 1. The zero-order chi connectivity index (χ0) is 18.4. The molecule has 0 unspecified atom stereocenters. The van der Waals surface area contributed by atoms with Crippen LogP contribution in [0.25, 0.3) is 0 Å². The van der Waals surface area contributed by atoms with Crippen LogP contribution in [-0.4, -0.2) is 25.0 Å². The zero-order valence-electron chi connectivity index (χ0n) is 15.0. The van der Waals surface area contributed by atoms with Gasteiger partial charge in [0.25, 0.3) is 5.91 Å². The lowest BCUT2D eigenvalue weighted by atomic mass is 9.90. The van der Waals surface area contributed by atoms with Gasteiger partial charge in [-0.2, -0.15) is 0 Å². The fraction of sp³-hybridized carbons (Fsp3) is 0.300. The van der Waals surface area contributed by atoms with Crippen LogP contribution in [0.4, 0.5) is 5.69 Å². The van der Waals surface area contributed by atoms with E-state index in [1.165, 1.54) is 24.0 Å². The van der Waals surface area contributed by atoms with Crippen molar-refractivity contribution >= 4 is 57.5 Å². The van der Waals surface area contributed by atoms with Crippen molar-refractivity contribution in [3.63, 3.8) is 0 Å². The monoisotopic (exact) mass is 542 g/mol. The van der Waals surface area contributed by atoms with E-state index in [2.05, 4.69) is 43.7 Å². The van der Waals surface area contributed by atoms with Crippen molar-refractivity contribution in [3.8, 4) is 0 Å². The highest BCUT2D eigenvalue weighted by molar-refractivity contribution is 14.0. The summed E-state index contributed by atoms with van der Waals surface area (Å²) >= 11 is 3.36. The molecule has 0 radical (unpaired) electrons. The fourth-order valence-corrected chi connectivity index (χ4v) is 3.55. The largest absolute Gasteiger partial charge is 0.370 e. The van der Waals surface area contributed by atoms with Crippen LogP contribution in [0.5, 0.6) is 0 Å². The van der Waals surface area contributed by atoms with Gasteiger partial charge in [0.05, 0.1) is 6.54 Å². The van der Waals surface area contributed by atoms with Crippen molar-refractivity contribution < 1.29 is 4.79 Å². The number of carbonyl (C=O) groups excluding carboxylic acids is 1. The summed E-state index contributed by atoms with van der Waals surface area (Å²) in [5.41, 5.74) is 10.4. The molecule has 0 fully saturated rings. The number of amides is 1. The molecule has 1 aliphatic rings. The third kappa shape index (κ3) is 6.21. The molecule has 0 saturated carbocycles. The van der Waals surface area contributed by atoms with Gasteiger partial charge in [0.1, 0.15) is 0 Å². The Morgan fingerprint density at radius 3 is 2.74 bits per heavy atom. The molecule has 2 aromatic carbocycles. The maximum absolute atomic E-state index is 12.1. The molecule has 27 heavy (non-hydrogen) atoms. The van der Waals surface area contributed by atoms with Crippen LogP contribution in [0.15, 0.2) is 51.9 Å². The number of carbonyl (C=O) groups is 1. The molecule has 4 N–H and O–H groups in total. The second-order valence-corrected chi connectivity index (χ2v) is 7.22. The van der Waals surface area contributed by atoms with Gasteiger partial charge in [-0.1, -0.05) is 34.1 Å². The van der Waals surface area contributed by atoms with Crippen LogP contribution in [0.1, 0.15) is 34.3 Å². The molecule has 7 heteroatoms. The van der Waals surface area contributed by atoms with E-state index in [1.54, 1.807) is 12.1 Å². The first-order chi connectivity index (χ1) is 12.6.